The van der Waals surface area contributed by atoms with E-state index in [0.717, 1.165) is 18.4 Å². The summed E-state index contributed by atoms with van der Waals surface area (Å²) in [5.41, 5.74) is 1.74. The van der Waals surface area contributed by atoms with Gasteiger partial charge >= 0.3 is 0 Å². The Hall–Kier alpha value is -2.31. The van der Waals surface area contributed by atoms with E-state index < -0.39 is 0 Å². The highest BCUT2D eigenvalue weighted by Crippen LogP contribution is 2.33. The van der Waals surface area contributed by atoms with Gasteiger partial charge in [0.05, 0.1) is 25.4 Å². The minimum absolute atomic E-state index is 0.0241. The molecular weight excluding hydrogens is 318 g/mol. The van der Waals surface area contributed by atoms with Crippen LogP contribution in [0, 0.1) is 0 Å². The number of amides is 1. The molecule has 1 saturated carbocycles. The summed E-state index contributed by atoms with van der Waals surface area (Å²) < 4.78 is 12.2. The molecule has 2 aliphatic rings. The lowest BCUT2D eigenvalue weighted by Gasteiger charge is -2.31. The van der Waals surface area contributed by atoms with Crippen LogP contribution >= 0.6 is 0 Å². The van der Waals surface area contributed by atoms with E-state index in [1.807, 2.05) is 17.0 Å². The van der Waals surface area contributed by atoms with Crippen molar-refractivity contribution in [2.45, 2.75) is 37.7 Å². The van der Waals surface area contributed by atoms with E-state index in [9.17, 15) is 4.79 Å². The SMILES string of the molecule is O=C(c1ccncc1)N1CCO[C@H]2CC[C@H]1[C@@H]2OCc1ccncc1. The van der Waals surface area contributed by atoms with Crippen LogP contribution in [0.4, 0.5) is 0 Å². The molecule has 0 unspecified atom stereocenters. The molecule has 3 heterocycles. The lowest BCUT2D eigenvalue weighted by atomic mass is 10.1. The van der Waals surface area contributed by atoms with Gasteiger partial charge in [-0.2, -0.15) is 0 Å². The fourth-order valence-electron chi connectivity index (χ4n) is 3.69. The third-order valence-corrected chi connectivity index (χ3v) is 4.94. The average molecular weight is 339 g/mol. The van der Waals surface area contributed by atoms with Crippen molar-refractivity contribution in [3.05, 3.63) is 60.2 Å². The average Bonchev–Trinajstić information content (AvgIpc) is 2.96. The summed E-state index contributed by atoms with van der Waals surface area (Å²) in [6, 6.07) is 7.45. The third kappa shape index (κ3) is 3.41. The standard InChI is InChI=1S/C19H21N3O3/c23-19(15-5-9-21-10-6-15)22-11-12-24-17-2-1-16(22)18(17)25-13-14-3-7-20-8-4-14/h3-10,16-18H,1-2,11-13H2/t16-,17-,18-/m0/s1. The Balaban J connectivity index is 1.51. The van der Waals surface area contributed by atoms with Gasteiger partial charge in [0.15, 0.2) is 0 Å². The van der Waals surface area contributed by atoms with E-state index in [-0.39, 0.29) is 24.2 Å². The van der Waals surface area contributed by atoms with Crippen LogP contribution in [0.3, 0.4) is 0 Å². The Kier molecular flexibility index (Phi) is 4.72. The number of nitrogens with zero attached hydrogens (tertiary/aromatic N) is 3. The molecule has 2 fully saturated rings. The lowest BCUT2D eigenvalue weighted by Crippen LogP contribution is -2.46. The summed E-state index contributed by atoms with van der Waals surface area (Å²) in [5.74, 6) is 0.0241. The zero-order chi connectivity index (χ0) is 17.1. The van der Waals surface area contributed by atoms with Crippen molar-refractivity contribution in [2.24, 2.45) is 0 Å². The molecule has 2 aromatic rings. The van der Waals surface area contributed by atoms with Crippen molar-refractivity contribution in [1.82, 2.24) is 14.9 Å². The van der Waals surface area contributed by atoms with Crippen LogP contribution in [0.15, 0.2) is 49.1 Å². The Morgan fingerprint density at radius 3 is 2.60 bits per heavy atom. The second-order valence-corrected chi connectivity index (χ2v) is 6.42. The number of rotatable bonds is 4. The molecule has 6 nitrogen and oxygen atoms in total. The quantitative estimate of drug-likeness (QED) is 0.853. The van der Waals surface area contributed by atoms with Gasteiger partial charge in [-0.05, 0) is 42.7 Å². The predicted molar refractivity (Wildman–Crippen MR) is 90.8 cm³/mol. The van der Waals surface area contributed by atoms with Crippen LogP contribution in [-0.2, 0) is 16.1 Å². The molecule has 0 aromatic carbocycles. The maximum atomic E-state index is 12.9. The van der Waals surface area contributed by atoms with Gasteiger partial charge in [0.1, 0.15) is 6.10 Å². The number of aromatic nitrogens is 2. The van der Waals surface area contributed by atoms with Crippen molar-refractivity contribution in [2.75, 3.05) is 13.2 Å². The molecule has 0 radical (unpaired) electrons. The first kappa shape index (κ1) is 16.2. The van der Waals surface area contributed by atoms with Gasteiger partial charge in [0, 0.05) is 36.9 Å². The van der Waals surface area contributed by atoms with Gasteiger partial charge in [-0.3, -0.25) is 14.8 Å². The monoisotopic (exact) mass is 339 g/mol. The molecule has 2 bridgehead atoms. The predicted octanol–water partition coefficient (Wildman–Crippen LogP) is 2.07. The minimum Gasteiger partial charge on any atom is -0.374 e. The number of pyridine rings is 2. The number of hydrogen-bond acceptors (Lipinski definition) is 5. The lowest BCUT2D eigenvalue weighted by molar-refractivity contribution is -0.0597. The zero-order valence-electron chi connectivity index (χ0n) is 14.0. The van der Waals surface area contributed by atoms with Crippen LogP contribution in [0.1, 0.15) is 28.8 Å². The number of hydrogen-bond donors (Lipinski definition) is 0. The zero-order valence-corrected chi connectivity index (χ0v) is 14.0. The van der Waals surface area contributed by atoms with Gasteiger partial charge in [0.25, 0.3) is 5.91 Å². The second kappa shape index (κ2) is 7.29. The number of fused-ring (bicyclic) bond motifs is 2. The topological polar surface area (TPSA) is 64.6 Å². The molecule has 1 aliphatic heterocycles. The molecule has 1 aliphatic carbocycles. The summed E-state index contributed by atoms with van der Waals surface area (Å²) in [4.78, 5) is 22.9. The summed E-state index contributed by atoms with van der Waals surface area (Å²) in [6.45, 7) is 1.64. The fourth-order valence-corrected chi connectivity index (χ4v) is 3.69. The highest BCUT2D eigenvalue weighted by atomic mass is 16.5. The molecule has 0 N–H and O–H groups in total. The normalized spacial score (nSPS) is 25.6. The molecule has 0 spiro atoms. The third-order valence-electron chi connectivity index (χ3n) is 4.94. The van der Waals surface area contributed by atoms with Crippen LogP contribution < -0.4 is 0 Å². The molecule has 4 rings (SSSR count). The molecule has 6 heteroatoms. The van der Waals surface area contributed by atoms with Crippen molar-refractivity contribution in [3.8, 4) is 0 Å². The summed E-state index contributed by atoms with van der Waals surface area (Å²) in [7, 11) is 0. The maximum absolute atomic E-state index is 12.9. The van der Waals surface area contributed by atoms with Gasteiger partial charge in [-0.25, -0.2) is 0 Å². The minimum atomic E-state index is -0.0959. The highest BCUT2D eigenvalue weighted by molar-refractivity contribution is 5.94. The largest absolute Gasteiger partial charge is 0.374 e. The first-order valence-electron chi connectivity index (χ1n) is 8.66. The summed E-state index contributed by atoms with van der Waals surface area (Å²) in [5, 5.41) is 0. The molecule has 25 heavy (non-hydrogen) atoms. The van der Waals surface area contributed by atoms with E-state index >= 15 is 0 Å². The molecule has 3 atom stereocenters. The maximum Gasteiger partial charge on any atom is 0.254 e. The van der Waals surface area contributed by atoms with Gasteiger partial charge in [-0.15, -0.1) is 0 Å². The van der Waals surface area contributed by atoms with Crippen LogP contribution in [0.2, 0.25) is 0 Å². The van der Waals surface area contributed by atoms with Crippen molar-refractivity contribution in [1.29, 1.82) is 0 Å². The summed E-state index contributed by atoms with van der Waals surface area (Å²) >= 11 is 0. The van der Waals surface area contributed by atoms with Crippen LogP contribution in [-0.4, -0.2) is 52.2 Å². The molecule has 1 amide bonds. The summed E-state index contributed by atoms with van der Waals surface area (Å²) in [6.07, 6.45) is 8.61. The van der Waals surface area contributed by atoms with E-state index in [1.54, 1.807) is 36.9 Å². The van der Waals surface area contributed by atoms with Gasteiger partial charge < -0.3 is 14.4 Å². The van der Waals surface area contributed by atoms with E-state index in [1.165, 1.54) is 0 Å². The number of carbonyl (C=O) groups excluding carboxylic acids is 1. The Bertz CT molecular complexity index is 710. The Morgan fingerprint density at radius 2 is 1.84 bits per heavy atom. The van der Waals surface area contributed by atoms with Crippen LogP contribution in [0.5, 0.6) is 0 Å². The molecular formula is C19H21N3O3. The van der Waals surface area contributed by atoms with E-state index in [2.05, 4.69) is 9.97 Å². The molecule has 130 valence electrons. The Labute approximate surface area is 146 Å². The van der Waals surface area contributed by atoms with Crippen molar-refractivity contribution in [3.63, 3.8) is 0 Å². The first-order chi connectivity index (χ1) is 12.3. The Morgan fingerprint density at radius 1 is 1.12 bits per heavy atom. The highest BCUT2D eigenvalue weighted by Gasteiger charge is 2.44. The van der Waals surface area contributed by atoms with E-state index in [0.29, 0.717) is 25.3 Å². The second-order valence-electron chi connectivity index (χ2n) is 6.42. The van der Waals surface area contributed by atoms with Gasteiger partial charge in [0.2, 0.25) is 0 Å². The van der Waals surface area contributed by atoms with Crippen molar-refractivity contribution < 1.29 is 14.3 Å². The van der Waals surface area contributed by atoms with Crippen molar-refractivity contribution >= 4 is 5.91 Å². The fraction of sp³-hybridized carbons (Fsp3) is 0.421. The number of ether oxygens (including phenoxy) is 2. The number of carbonyl (C=O) groups is 1. The smallest absolute Gasteiger partial charge is 0.254 e. The van der Waals surface area contributed by atoms with Gasteiger partial charge in [-0.1, -0.05) is 0 Å². The molecule has 1 saturated heterocycles. The van der Waals surface area contributed by atoms with E-state index in [4.69, 9.17) is 9.47 Å². The van der Waals surface area contributed by atoms with Crippen LogP contribution in [0.25, 0.3) is 0 Å². The molecule has 2 aromatic heterocycles. The first-order valence-corrected chi connectivity index (χ1v) is 8.66.